The van der Waals surface area contributed by atoms with Gasteiger partial charge in [-0.15, -0.1) is 0 Å². The second-order valence-electron chi connectivity index (χ2n) is 5.44. The van der Waals surface area contributed by atoms with Gasteiger partial charge in [-0.05, 0) is 50.2 Å². The number of ether oxygens (including phenoxy) is 1. The van der Waals surface area contributed by atoms with Crippen LogP contribution in [0.3, 0.4) is 0 Å². The molecule has 2 aromatic carbocycles. The van der Waals surface area contributed by atoms with Gasteiger partial charge < -0.3 is 14.7 Å². The SMILES string of the molecule is Cc1cc2c(Oc3cccc4[nH]c(C)cc34)cccc2[nH]1. The molecular formula is C18H16N2O. The predicted molar refractivity (Wildman–Crippen MR) is 86.1 cm³/mol. The van der Waals surface area contributed by atoms with Crippen molar-refractivity contribution in [2.24, 2.45) is 0 Å². The highest BCUT2D eigenvalue weighted by Crippen LogP contribution is 2.34. The molecule has 0 fully saturated rings. The van der Waals surface area contributed by atoms with Gasteiger partial charge in [-0.3, -0.25) is 0 Å². The predicted octanol–water partition coefficient (Wildman–Crippen LogP) is 5.06. The normalized spacial score (nSPS) is 11.3. The third-order valence-corrected chi connectivity index (χ3v) is 3.74. The fourth-order valence-corrected chi connectivity index (χ4v) is 2.83. The number of aromatic nitrogens is 2. The van der Waals surface area contributed by atoms with E-state index >= 15 is 0 Å². The number of aromatic amines is 2. The maximum absolute atomic E-state index is 6.19. The van der Waals surface area contributed by atoms with Crippen LogP contribution in [-0.4, -0.2) is 9.97 Å². The molecule has 0 aliphatic carbocycles. The monoisotopic (exact) mass is 276 g/mol. The van der Waals surface area contributed by atoms with Gasteiger partial charge in [0.05, 0.1) is 0 Å². The molecule has 0 saturated heterocycles. The first-order valence-electron chi connectivity index (χ1n) is 7.05. The van der Waals surface area contributed by atoms with Crippen LogP contribution in [0.15, 0.2) is 48.5 Å². The average molecular weight is 276 g/mol. The first-order valence-corrected chi connectivity index (χ1v) is 7.05. The molecule has 21 heavy (non-hydrogen) atoms. The lowest BCUT2D eigenvalue weighted by atomic mass is 10.2. The van der Waals surface area contributed by atoms with Crippen LogP contribution in [0.4, 0.5) is 0 Å². The third-order valence-electron chi connectivity index (χ3n) is 3.74. The quantitative estimate of drug-likeness (QED) is 0.528. The van der Waals surface area contributed by atoms with E-state index in [4.69, 9.17) is 4.74 Å². The summed E-state index contributed by atoms with van der Waals surface area (Å²) < 4.78 is 6.19. The highest BCUT2D eigenvalue weighted by molar-refractivity contribution is 5.90. The van der Waals surface area contributed by atoms with Gasteiger partial charge in [-0.25, -0.2) is 0 Å². The van der Waals surface area contributed by atoms with Crippen molar-refractivity contribution in [3.63, 3.8) is 0 Å². The van der Waals surface area contributed by atoms with Gasteiger partial charge in [0.25, 0.3) is 0 Å². The Bertz CT molecular complexity index is 868. The summed E-state index contributed by atoms with van der Waals surface area (Å²) in [4.78, 5) is 6.68. The number of fused-ring (bicyclic) bond motifs is 2. The number of rotatable bonds is 2. The van der Waals surface area contributed by atoms with Crippen LogP contribution in [0.25, 0.3) is 21.8 Å². The Hall–Kier alpha value is -2.68. The molecule has 4 rings (SSSR count). The maximum atomic E-state index is 6.19. The minimum atomic E-state index is 0.878. The van der Waals surface area contributed by atoms with Crippen LogP contribution < -0.4 is 4.74 Å². The zero-order chi connectivity index (χ0) is 14.4. The molecule has 104 valence electrons. The Kier molecular flexibility index (Phi) is 2.54. The maximum Gasteiger partial charge on any atom is 0.136 e. The molecule has 0 amide bonds. The molecule has 3 heteroatoms. The molecule has 0 spiro atoms. The van der Waals surface area contributed by atoms with Crippen molar-refractivity contribution in [1.29, 1.82) is 0 Å². The number of benzene rings is 2. The van der Waals surface area contributed by atoms with Gasteiger partial charge in [-0.2, -0.15) is 0 Å². The Balaban J connectivity index is 1.86. The Labute approximate surface area is 122 Å². The molecular weight excluding hydrogens is 260 g/mol. The van der Waals surface area contributed by atoms with Crippen LogP contribution in [0.5, 0.6) is 11.5 Å². The largest absolute Gasteiger partial charge is 0.456 e. The Morgan fingerprint density at radius 2 is 1.19 bits per heavy atom. The Morgan fingerprint density at radius 1 is 0.714 bits per heavy atom. The number of aryl methyl sites for hydroxylation is 2. The molecule has 0 atom stereocenters. The molecule has 3 nitrogen and oxygen atoms in total. The molecule has 2 N–H and O–H groups in total. The summed E-state index contributed by atoms with van der Waals surface area (Å²) in [7, 11) is 0. The van der Waals surface area contributed by atoms with E-state index in [9.17, 15) is 0 Å². The molecule has 2 heterocycles. The summed E-state index contributed by atoms with van der Waals surface area (Å²) in [6.45, 7) is 4.11. The molecule has 0 saturated carbocycles. The Morgan fingerprint density at radius 3 is 1.67 bits per heavy atom. The lowest BCUT2D eigenvalue weighted by molar-refractivity contribution is 0.494. The topological polar surface area (TPSA) is 40.8 Å². The van der Waals surface area contributed by atoms with Gasteiger partial charge in [0.1, 0.15) is 11.5 Å². The first-order chi connectivity index (χ1) is 10.2. The van der Waals surface area contributed by atoms with Crippen LogP contribution >= 0.6 is 0 Å². The number of hydrogen-bond donors (Lipinski definition) is 2. The van der Waals surface area contributed by atoms with E-state index in [0.29, 0.717) is 0 Å². The summed E-state index contributed by atoms with van der Waals surface area (Å²) in [5.41, 5.74) is 4.47. The second-order valence-corrected chi connectivity index (χ2v) is 5.44. The standard InChI is InChI=1S/C18H16N2O/c1-11-9-13-15(19-11)5-3-7-17(13)21-18-8-4-6-16-14(18)10-12(2)20-16/h3-10,19-20H,1-2H3. The van der Waals surface area contributed by atoms with Gasteiger partial charge in [0, 0.05) is 33.2 Å². The second kappa shape index (κ2) is 4.42. The zero-order valence-electron chi connectivity index (χ0n) is 12.0. The molecule has 4 aromatic rings. The minimum absolute atomic E-state index is 0.878. The molecule has 0 radical (unpaired) electrons. The van der Waals surface area contributed by atoms with Gasteiger partial charge >= 0.3 is 0 Å². The number of H-pyrrole nitrogens is 2. The summed E-state index contributed by atoms with van der Waals surface area (Å²) >= 11 is 0. The molecule has 0 bridgehead atoms. The van der Waals surface area contributed by atoms with Crippen molar-refractivity contribution < 1.29 is 4.74 Å². The molecule has 2 aromatic heterocycles. The van der Waals surface area contributed by atoms with Gasteiger partial charge in [0.2, 0.25) is 0 Å². The van der Waals surface area contributed by atoms with E-state index in [2.05, 4.69) is 48.1 Å². The van der Waals surface area contributed by atoms with Gasteiger partial charge in [-0.1, -0.05) is 12.1 Å². The highest BCUT2D eigenvalue weighted by atomic mass is 16.5. The summed E-state index contributed by atoms with van der Waals surface area (Å²) in [5.74, 6) is 1.76. The van der Waals surface area contributed by atoms with Crippen LogP contribution in [0, 0.1) is 13.8 Å². The lowest BCUT2D eigenvalue weighted by Gasteiger charge is -2.08. The van der Waals surface area contributed by atoms with Crippen LogP contribution in [-0.2, 0) is 0 Å². The van der Waals surface area contributed by atoms with Crippen molar-refractivity contribution in [3.05, 3.63) is 59.9 Å². The smallest absolute Gasteiger partial charge is 0.136 e. The van der Waals surface area contributed by atoms with E-state index in [1.807, 2.05) is 24.3 Å². The molecule has 0 aliphatic rings. The van der Waals surface area contributed by atoms with Crippen molar-refractivity contribution in [2.45, 2.75) is 13.8 Å². The average Bonchev–Trinajstić information content (AvgIpc) is 3.01. The highest BCUT2D eigenvalue weighted by Gasteiger charge is 2.09. The van der Waals surface area contributed by atoms with Crippen molar-refractivity contribution in [1.82, 2.24) is 9.97 Å². The van der Waals surface area contributed by atoms with Crippen molar-refractivity contribution in [3.8, 4) is 11.5 Å². The summed E-state index contributed by atoms with van der Waals surface area (Å²) in [6, 6.07) is 16.4. The van der Waals surface area contributed by atoms with E-state index < -0.39 is 0 Å². The van der Waals surface area contributed by atoms with E-state index in [1.165, 1.54) is 0 Å². The fourth-order valence-electron chi connectivity index (χ4n) is 2.83. The van der Waals surface area contributed by atoms with E-state index in [-0.39, 0.29) is 0 Å². The minimum Gasteiger partial charge on any atom is -0.456 e. The lowest BCUT2D eigenvalue weighted by Crippen LogP contribution is -1.85. The third kappa shape index (κ3) is 1.98. The van der Waals surface area contributed by atoms with Crippen LogP contribution in [0.1, 0.15) is 11.4 Å². The van der Waals surface area contributed by atoms with Crippen LogP contribution in [0.2, 0.25) is 0 Å². The number of hydrogen-bond acceptors (Lipinski definition) is 1. The molecule has 0 aliphatic heterocycles. The zero-order valence-corrected chi connectivity index (χ0v) is 12.0. The van der Waals surface area contributed by atoms with Crippen molar-refractivity contribution >= 4 is 21.8 Å². The number of nitrogens with one attached hydrogen (secondary N) is 2. The summed E-state index contributed by atoms with van der Waals surface area (Å²) in [6.07, 6.45) is 0. The van der Waals surface area contributed by atoms with E-state index in [1.54, 1.807) is 0 Å². The fraction of sp³-hybridized carbons (Fsp3) is 0.111. The summed E-state index contributed by atoms with van der Waals surface area (Å²) in [5, 5.41) is 2.22. The first kappa shape index (κ1) is 12.1. The molecule has 0 unspecified atom stereocenters. The van der Waals surface area contributed by atoms with E-state index in [0.717, 1.165) is 44.7 Å². The van der Waals surface area contributed by atoms with Gasteiger partial charge in [0.15, 0.2) is 0 Å². The van der Waals surface area contributed by atoms with Crippen molar-refractivity contribution in [2.75, 3.05) is 0 Å².